The Morgan fingerprint density at radius 3 is 2.40 bits per heavy atom. The number of hydrogen-bond acceptors (Lipinski definition) is 4. The van der Waals surface area contributed by atoms with Crippen molar-refractivity contribution in [1.82, 2.24) is 18.7 Å². The number of aromatic nitrogens is 4. The van der Waals surface area contributed by atoms with Crippen LogP contribution in [0.5, 0.6) is 0 Å². The predicted octanol–water partition coefficient (Wildman–Crippen LogP) is 3.22. The van der Waals surface area contributed by atoms with Crippen molar-refractivity contribution in [3.05, 3.63) is 91.9 Å². The zero-order valence-electron chi connectivity index (χ0n) is 16.9. The lowest BCUT2D eigenvalue weighted by atomic mass is 10.1. The Labute approximate surface area is 176 Å². The number of fused-ring (bicyclic) bond motifs is 1. The zero-order valence-corrected chi connectivity index (χ0v) is 17.7. The van der Waals surface area contributed by atoms with Crippen molar-refractivity contribution in [3.63, 3.8) is 0 Å². The molecule has 0 spiro atoms. The first kappa shape index (κ1) is 20.2. The van der Waals surface area contributed by atoms with Gasteiger partial charge in [-0.3, -0.25) is 13.9 Å². The summed E-state index contributed by atoms with van der Waals surface area (Å²) in [5.74, 6) is 0.278. The van der Waals surface area contributed by atoms with Gasteiger partial charge in [-0.25, -0.2) is 14.2 Å². The van der Waals surface area contributed by atoms with Crippen LogP contribution in [-0.2, 0) is 26.4 Å². The Hall–Kier alpha value is -3.13. The summed E-state index contributed by atoms with van der Waals surface area (Å²) in [5.41, 5.74) is 3.08. The van der Waals surface area contributed by atoms with Gasteiger partial charge in [-0.05, 0) is 35.7 Å². The topological polar surface area (TPSA) is 61.8 Å². The van der Waals surface area contributed by atoms with Gasteiger partial charge < -0.3 is 4.57 Å². The van der Waals surface area contributed by atoms with Gasteiger partial charge in [0.25, 0.3) is 5.56 Å². The molecule has 0 aliphatic heterocycles. The molecule has 0 saturated carbocycles. The Morgan fingerprint density at radius 2 is 1.70 bits per heavy atom. The maximum Gasteiger partial charge on any atom is 0.332 e. The normalized spacial score (nSPS) is 11.3. The molecule has 0 saturated heterocycles. The molecule has 2 aromatic carbocycles. The molecule has 0 N–H and O–H groups in total. The molecule has 8 heteroatoms. The van der Waals surface area contributed by atoms with E-state index in [1.165, 1.54) is 35.5 Å². The minimum atomic E-state index is -0.414. The third kappa shape index (κ3) is 3.59. The van der Waals surface area contributed by atoms with E-state index < -0.39 is 5.69 Å². The Morgan fingerprint density at radius 1 is 1.00 bits per heavy atom. The van der Waals surface area contributed by atoms with Crippen LogP contribution in [0.1, 0.15) is 16.7 Å². The van der Waals surface area contributed by atoms with E-state index in [4.69, 9.17) is 0 Å². The minimum absolute atomic E-state index is 0.283. The highest BCUT2D eigenvalue weighted by Crippen LogP contribution is 2.26. The van der Waals surface area contributed by atoms with Crippen molar-refractivity contribution >= 4 is 22.9 Å². The molecule has 2 heterocycles. The molecule has 0 aliphatic rings. The first-order valence-corrected chi connectivity index (χ1v) is 10.4. The highest BCUT2D eigenvalue weighted by atomic mass is 32.2. The molecule has 0 aliphatic carbocycles. The molecular weight excluding hydrogens is 403 g/mol. The van der Waals surface area contributed by atoms with E-state index in [2.05, 4.69) is 4.98 Å². The summed E-state index contributed by atoms with van der Waals surface area (Å²) in [4.78, 5) is 30.0. The summed E-state index contributed by atoms with van der Waals surface area (Å²) >= 11 is 1.45. The van der Waals surface area contributed by atoms with Crippen molar-refractivity contribution in [3.8, 4) is 0 Å². The van der Waals surface area contributed by atoms with Crippen molar-refractivity contribution < 1.29 is 4.39 Å². The third-order valence-electron chi connectivity index (χ3n) is 5.18. The fraction of sp³-hybridized carbons (Fsp3) is 0.227. The van der Waals surface area contributed by atoms with Gasteiger partial charge in [0, 0.05) is 19.8 Å². The number of rotatable bonds is 5. The maximum atomic E-state index is 13.2. The molecule has 6 nitrogen and oxygen atoms in total. The Kier molecular flexibility index (Phi) is 5.34. The molecule has 0 amide bonds. The van der Waals surface area contributed by atoms with Gasteiger partial charge in [0.2, 0.25) is 0 Å². The van der Waals surface area contributed by atoms with Crippen LogP contribution in [0.2, 0.25) is 0 Å². The zero-order chi connectivity index (χ0) is 21.4. The van der Waals surface area contributed by atoms with E-state index in [1.807, 2.05) is 35.8 Å². The SMILES string of the molecule is Cc1ccccc1Cn1c(SCc2ccc(F)cc2)nc2c1c(=O)n(C)c(=O)n2C. The molecule has 0 fully saturated rings. The predicted molar refractivity (Wildman–Crippen MR) is 116 cm³/mol. The van der Waals surface area contributed by atoms with Gasteiger partial charge in [0.15, 0.2) is 16.3 Å². The van der Waals surface area contributed by atoms with Gasteiger partial charge in [-0.2, -0.15) is 0 Å². The third-order valence-corrected chi connectivity index (χ3v) is 6.23. The van der Waals surface area contributed by atoms with Crippen LogP contribution in [0.25, 0.3) is 11.2 Å². The van der Waals surface area contributed by atoms with Crippen LogP contribution in [0, 0.1) is 12.7 Å². The van der Waals surface area contributed by atoms with Gasteiger partial charge >= 0.3 is 5.69 Å². The van der Waals surface area contributed by atoms with Crippen LogP contribution in [-0.4, -0.2) is 18.7 Å². The average molecular weight is 425 g/mol. The molecule has 0 bridgehead atoms. The molecule has 0 unspecified atom stereocenters. The Bertz CT molecular complexity index is 1350. The molecule has 154 valence electrons. The van der Waals surface area contributed by atoms with Gasteiger partial charge in [-0.1, -0.05) is 48.2 Å². The fourth-order valence-electron chi connectivity index (χ4n) is 3.37. The van der Waals surface area contributed by atoms with Gasteiger partial charge in [-0.15, -0.1) is 0 Å². The van der Waals surface area contributed by atoms with Crippen LogP contribution in [0.4, 0.5) is 4.39 Å². The fourth-order valence-corrected chi connectivity index (χ4v) is 4.32. The van der Waals surface area contributed by atoms with E-state index in [9.17, 15) is 14.0 Å². The van der Waals surface area contributed by atoms with Gasteiger partial charge in [0.1, 0.15) is 5.82 Å². The van der Waals surface area contributed by atoms with Crippen molar-refractivity contribution in [1.29, 1.82) is 0 Å². The molecular formula is C22H21FN4O2S. The number of imidazole rings is 1. The monoisotopic (exact) mass is 424 g/mol. The lowest BCUT2D eigenvalue weighted by Gasteiger charge is -2.11. The van der Waals surface area contributed by atoms with E-state index >= 15 is 0 Å². The molecule has 30 heavy (non-hydrogen) atoms. The molecule has 0 atom stereocenters. The van der Waals surface area contributed by atoms with Gasteiger partial charge in [0.05, 0.1) is 6.54 Å². The van der Waals surface area contributed by atoms with Crippen LogP contribution in [0.15, 0.2) is 63.3 Å². The van der Waals surface area contributed by atoms with Crippen molar-refractivity contribution in [2.75, 3.05) is 0 Å². The highest BCUT2D eigenvalue weighted by molar-refractivity contribution is 7.98. The quantitative estimate of drug-likeness (QED) is 0.462. The number of hydrogen-bond donors (Lipinski definition) is 0. The average Bonchev–Trinajstić information content (AvgIpc) is 3.10. The standard InChI is InChI=1S/C22H21FN4O2S/c1-14-6-4-5-7-16(14)12-27-18-19(25(2)22(29)26(3)20(18)28)24-21(27)30-13-15-8-10-17(23)11-9-15/h4-11H,12-13H2,1-3H3. The molecule has 4 rings (SSSR count). The van der Waals surface area contributed by atoms with E-state index in [0.29, 0.717) is 28.6 Å². The summed E-state index contributed by atoms with van der Waals surface area (Å²) in [6, 6.07) is 14.3. The second kappa shape index (κ2) is 7.95. The summed E-state index contributed by atoms with van der Waals surface area (Å²) in [5, 5.41) is 0.635. The summed E-state index contributed by atoms with van der Waals surface area (Å²) < 4.78 is 17.6. The van der Waals surface area contributed by atoms with Crippen molar-refractivity contribution in [2.45, 2.75) is 24.4 Å². The second-order valence-corrected chi connectivity index (χ2v) is 8.14. The van der Waals surface area contributed by atoms with E-state index in [-0.39, 0.29) is 11.4 Å². The molecule has 4 aromatic rings. The van der Waals surface area contributed by atoms with Crippen LogP contribution in [0.3, 0.4) is 0 Å². The minimum Gasteiger partial charge on any atom is -0.309 e. The first-order valence-electron chi connectivity index (χ1n) is 9.45. The number of halogens is 1. The number of aryl methyl sites for hydroxylation is 2. The lowest BCUT2D eigenvalue weighted by Crippen LogP contribution is -2.37. The summed E-state index contributed by atoms with van der Waals surface area (Å²) in [6.07, 6.45) is 0. The number of thioether (sulfide) groups is 1. The second-order valence-electron chi connectivity index (χ2n) is 7.20. The smallest absolute Gasteiger partial charge is 0.309 e. The molecule has 2 aromatic heterocycles. The number of nitrogens with zero attached hydrogens (tertiary/aromatic N) is 4. The summed E-state index contributed by atoms with van der Waals surface area (Å²) in [7, 11) is 3.09. The van der Waals surface area contributed by atoms with Crippen LogP contribution < -0.4 is 11.2 Å². The lowest BCUT2D eigenvalue weighted by molar-refractivity contribution is 0.627. The van der Waals surface area contributed by atoms with Crippen LogP contribution >= 0.6 is 11.8 Å². The molecule has 0 radical (unpaired) electrons. The van der Waals surface area contributed by atoms with E-state index in [1.54, 1.807) is 19.2 Å². The summed E-state index contributed by atoms with van der Waals surface area (Å²) in [6.45, 7) is 2.48. The largest absolute Gasteiger partial charge is 0.332 e. The van der Waals surface area contributed by atoms with Crippen molar-refractivity contribution in [2.24, 2.45) is 14.1 Å². The van der Waals surface area contributed by atoms with E-state index in [0.717, 1.165) is 21.3 Å². The highest BCUT2D eigenvalue weighted by Gasteiger charge is 2.20. The maximum absolute atomic E-state index is 13.2. The Balaban J connectivity index is 1.85. The first-order chi connectivity index (χ1) is 14.4. The number of benzene rings is 2.